The van der Waals surface area contributed by atoms with Crippen LogP contribution in [-0.4, -0.2) is 31.6 Å². The van der Waals surface area contributed by atoms with Gasteiger partial charge in [-0.15, -0.1) is 11.3 Å². The van der Waals surface area contributed by atoms with Gasteiger partial charge in [-0.25, -0.2) is 0 Å². The molecule has 0 spiro atoms. The molecular formula is C20H25N2OS+. The monoisotopic (exact) mass is 341 g/mol. The van der Waals surface area contributed by atoms with Crippen LogP contribution in [0.2, 0.25) is 0 Å². The standard InChI is InChI=1S/C20H24N2OS/c1-16(20(23)21-12-9-19-8-5-15-24-19)22-13-10-18(11-14-22)17-6-3-2-4-7-17/h2-8,10,15-16H,9,11-14H2,1H3,(H,21,23)/p+1/t16-/m0/s1. The molecule has 1 aliphatic heterocycles. The topological polar surface area (TPSA) is 33.5 Å². The fourth-order valence-electron chi connectivity index (χ4n) is 3.16. The number of hydrogen-bond acceptors (Lipinski definition) is 2. The summed E-state index contributed by atoms with van der Waals surface area (Å²) in [5, 5.41) is 5.16. The van der Waals surface area contributed by atoms with E-state index in [0.717, 1.165) is 32.5 Å². The van der Waals surface area contributed by atoms with Crippen LogP contribution < -0.4 is 10.2 Å². The van der Waals surface area contributed by atoms with Gasteiger partial charge in [-0.1, -0.05) is 36.4 Å². The Morgan fingerprint density at radius 1 is 1.25 bits per heavy atom. The van der Waals surface area contributed by atoms with Crippen LogP contribution in [0.25, 0.3) is 5.57 Å². The van der Waals surface area contributed by atoms with Crippen LogP contribution >= 0.6 is 11.3 Å². The lowest BCUT2D eigenvalue weighted by Gasteiger charge is -2.28. The van der Waals surface area contributed by atoms with Crippen molar-refractivity contribution in [2.75, 3.05) is 19.6 Å². The van der Waals surface area contributed by atoms with Gasteiger partial charge in [-0.3, -0.25) is 4.79 Å². The Labute approximate surface area is 148 Å². The summed E-state index contributed by atoms with van der Waals surface area (Å²) in [6, 6.07) is 14.7. The minimum absolute atomic E-state index is 0.00177. The van der Waals surface area contributed by atoms with Crippen molar-refractivity contribution >= 4 is 22.8 Å². The summed E-state index contributed by atoms with van der Waals surface area (Å²) in [7, 11) is 0. The number of hydrogen-bond donors (Lipinski definition) is 2. The smallest absolute Gasteiger partial charge is 0.278 e. The average molecular weight is 342 g/mol. The molecule has 2 N–H and O–H groups in total. The first-order valence-electron chi connectivity index (χ1n) is 8.63. The molecule has 2 atom stereocenters. The highest BCUT2D eigenvalue weighted by molar-refractivity contribution is 7.09. The number of quaternary nitrogens is 1. The highest BCUT2D eigenvalue weighted by atomic mass is 32.1. The zero-order chi connectivity index (χ0) is 16.8. The van der Waals surface area contributed by atoms with Gasteiger partial charge in [-0.05, 0) is 42.0 Å². The van der Waals surface area contributed by atoms with Gasteiger partial charge in [0, 0.05) is 17.8 Å². The zero-order valence-electron chi connectivity index (χ0n) is 14.1. The SMILES string of the molecule is C[C@@H](C(=O)NCCc1cccs1)[NH+]1CC=C(c2ccccc2)CC1. The van der Waals surface area contributed by atoms with E-state index in [1.807, 2.05) is 13.0 Å². The number of benzene rings is 1. The van der Waals surface area contributed by atoms with E-state index in [0.29, 0.717) is 0 Å². The molecule has 2 aromatic rings. The fraction of sp³-hybridized carbons (Fsp3) is 0.350. The van der Waals surface area contributed by atoms with Gasteiger partial charge >= 0.3 is 0 Å². The molecule has 0 saturated carbocycles. The van der Waals surface area contributed by atoms with E-state index in [1.165, 1.54) is 20.9 Å². The third-order valence-corrected chi connectivity index (χ3v) is 5.66. The molecule has 1 unspecified atom stereocenters. The Hall–Kier alpha value is -1.91. The average Bonchev–Trinajstić information content (AvgIpc) is 3.15. The van der Waals surface area contributed by atoms with Gasteiger partial charge in [0.15, 0.2) is 6.04 Å². The van der Waals surface area contributed by atoms with Crippen molar-refractivity contribution in [2.45, 2.75) is 25.8 Å². The second-order valence-corrected chi connectivity index (χ2v) is 7.33. The van der Waals surface area contributed by atoms with Crippen molar-refractivity contribution < 1.29 is 9.69 Å². The minimum atomic E-state index is 0.00177. The predicted octanol–water partition coefficient (Wildman–Crippen LogP) is 2.17. The number of carbonyl (C=O) groups excluding carboxylic acids is 1. The first kappa shape index (κ1) is 16.9. The van der Waals surface area contributed by atoms with E-state index in [9.17, 15) is 4.79 Å². The van der Waals surface area contributed by atoms with Crippen LogP contribution in [0.3, 0.4) is 0 Å². The molecule has 2 heterocycles. The van der Waals surface area contributed by atoms with Gasteiger partial charge < -0.3 is 10.2 Å². The summed E-state index contributed by atoms with van der Waals surface area (Å²) in [4.78, 5) is 15.0. The molecule has 1 aromatic carbocycles. The summed E-state index contributed by atoms with van der Waals surface area (Å²) in [5.74, 6) is 0.165. The number of amides is 1. The van der Waals surface area contributed by atoms with Crippen molar-refractivity contribution in [2.24, 2.45) is 0 Å². The van der Waals surface area contributed by atoms with E-state index in [2.05, 4.69) is 53.2 Å². The molecule has 0 aliphatic carbocycles. The molecule has 1 aromatic heterocycles. The van der Waals surface area contributed by atoms with Crippen LogP contribution in [0.1, 0.15) is 23.8 Å². The van der Waals surface area contributed by atoms with Crippen molar-refractivity contribution in [3.8, 4) is 0 Å². The number of thiophene rings is 1. The summed E-state index contributed by atoms with van der Waals surface area (Å²) in [6.07, 6.45) is 4.25. The highest BCUT2D eigenvalue weighted by Gasteiger charge is 2.26. The van der Waals surface area contributed by atoms with Crippen LogP contribution in [0.15, 0.2) is 53.9 Å². The van der Waals surface area contributed by atoms with E-state index in [-0.39, 0.29) is 11.9 Å². The van der Waals surface area contributed by atoms with Crippen molar-refractivity contribution in [3.05, 3.63) is 64.4 Å². The summed E-state index contributed by atoms with van der Waals surface area (Å²) in [6.45, 7) is 4.70. The lowest BCUT2D eigenvalue weighted by molar-refractivity contribution is -0.909. The molecule has 3 rings (SSSR count). The lowest BCUT2D eigenvalue weighted by Crippen LogP contribution is -3.17. The Balaban J connectivity index is 1.48. The number of rotatable bonds is 6. The second kappa shape index (κ2) is 8.27. The van der Waals surface area contributed by atoms with Gasteiger partial charge in [0.05, 0.1) is 13.1 Å². The Bertz CT molecular complexity index is 679. The van der Waals surface area contributed by atoms with Crippen LogP contribution in [0, 0.1) is 0 Å². The summed E-state index contributed by atoms with van der Waals surface area (Å²) < 4.78 is 0. The lowest BCUT2D eigenvalue weighted by atomic mass is 9.99. The van der Waals surface area contributed by atoms with Gasteiger partial charge in [-0.2, -0.15) is 0 Å². The molecular weight excluding hydrogens is 316 g/mol. The Kier molecular flexibility index (Phi) is 5.83. The van der Waals surface area contributed by atoms with Crippen molar-refractivity contribution in [3.63, 3.8) is 0 Å². The zero-order valence-corrected chi connectivity index (χ0v) is 14.9. The molecule has 3 nitrogen and oxygen atoms in total. The van der Waals surface area contributed by atoms with Gasteiger partial charge in [0.2, 0.25) is 0 Å². The predicted molar refractivity (Wildman–Crippen MR) is 100 cm³/mol. The quantitative estimate of drug-likeness (QED) is 0.829. The van der Waals surface area contributed by atoms with E-state index < -0.39 is 0 Å². The molecule has 126 valence electrons. The first-order chi connectivity index (χ1) is 11.7. The normalized spacial score (nSPS) is 18.7. The van der Waals surface area contributed by atoms with E-state index in [4.69, 9.17) is 0 Å². The first-order valence-corrected chi connectivity index (χ1v) is 9.51. The van der Waals surface area contributed by atoms with Crippen molar-refractivity contribution in [1.29, 1.82) is 0 Å². The molecule has 0 bridgehead atoms. The third-order valence-electron chi connectivity index (χ3n) is 4.73. The largest absolute Gasteiger partial charge is 0.351 e. The Morgan fingerprint density at radius 2 is 2.08 bits per heavy atom. The maximum absolute atomic E-state index is 12.4. The molecule has 24 heavy (non-hydrogen) atoms. The number of carbonyl (C=O) groups is 1. The molecule has 4 heteroatoms. The second-order valence-electron chi connectivity index (χ2n) is 6.30. The fourth-order valence-corrected chi connectivity index (χ4v) is 3.87. The van der Waals surface area contributed by atoms with Gasteiger partial charge in [0.25, 0.3) is 5.91 Å². The van der Waals surface area contributed by atoms with Crippen LogP contribution in [-0.2, 0) is 11.2 Å². The third kappa shape index (κ3) is 4.34. The van der Waals surface area contributed by atoms with Crippen molar-refractivity contribution in [1.82, 2.24) is 5.32 Å². The summed E-state index contributed by atoms with van der Waals surface area (Å²) in [5.41, 5.74) is 2.72. The maximum Gasteiger partial charge on any atom is 0.278 e. The maximum atomic E-state index is 12.4. The van der Waals surface area contributed by atoms with Crippen LogP contribution in [0.5, 0.6) is 0 Å². The van der Waals surface area contributed by atoms with E-state index in [1.54, 1.807) is 11.3 Å². The summed E-state index contributed by atoms with van der Waals surface area (Å²) >= 11 is 1.74. The number of nitrogens with one attached hydrogen (secondary N) is 2. The molecule has 0 radical (unpaired) electrons. The van der Waals surface area contributed by atoms with E-state index >= 15 is 0 Å². The van der Waals surface area contributed by atoms with Gasteiger partial charge in [0.1, 0.15) is 0 Å². The Morgan fingerprint density at radius 3 is 2.75 bits per heavy atom. The molecule has 0 fully saturated rings. The van der Waals surface area contributed by atoms with Crippen LogP contribution in [0.4, 0.5) is 0 Å². The molecule has 1 aliphatic rings. The highest BCUT2D eigenvalue weighted by Crippen LogP contribution is 2.17. The minimum Gasteiger partial charge on any atom is -0.351 e. The molecule has 0 saturated heterocycles. The molecule has 1 amide bonds.